The topological polar surface area (TPSA) is 30.0 Å². The Bertz CT molecular complexity index is 508. The number of aromatic nitrogens is 1. The summed E-state index contributed by atoms with van der Waals surface area (Å²) in [6, 6.07) is 15.9. The molecule has 1 aromatic heterocycles. The summed E-state index contributed by atoms with van der Waals surface area (Å²) in [6.07, 6.45) is 4.24. The average Bonchev–Trinajstić information content (AvgIpc) is 2.84. The van der Waals surface area contributed by atoms with E-state index in [0.717, 1.165) is 24.1 Å². The first kappa shape index (κ1) is 11.1. The summed E-state index contributed by atoms with van der Waals surface area (Å²) < 4.78 is 0. The molecule has 0 aliphatic heterocycles. The van der Waals surface area contributed by atoms with Crippen LogP contribution in [0.3, 0.4) is 0 Å². The highest BCUT2D eigenvalue weighted by molar-refractivity contribution is 5.95. The minimum absolute atomic E-state index is 0.299. The van der Waals surface area contributed by atoms with E-state index in [1.54, 1.807) is 6.20 Å². The first-order valence-corrected chi connectivity index (χ1v) is 6.34. The van der Waals surface area contributed by atoms with Gasteiger partial charge in [0.2, 0.25) is 0 Å². The van der Waals surface area contributed by atoms with Gasteiger partial charge in [0.05, 0.1) is 11.1 Å². The monoisotopic (exact) mass is 237 g/mol. The second-order valence-corrected chi connectivity index (χ2v) is 4.76. The van der Waals surface area contributed by atoms with Gasteiger partial charge in [-0.25, -0.2) is 0 Å². The normalized spacial score (nSPS) is 23.2. The lowest BCUT2D eigenvalue weighted by Crippen LogP contribution is -2.33. The van der Waals surface area contributed by atoms with E-state index in [-0.39, 0.29) is 0 Å². The number of nitrogens with zero attached hydrogens (tertiary/aromatic N) is 1. The lowest BCUT2D eigenvalue weighted by atomic mass is 9.75. The number of carbonyl (C=O) groups excluding carboxylic acids is 1. The van der Waals surface area contributed by atoms with Crippen molar-refractivity contribution in [2.45, 2.75) is 24.7 Å². The number of Topliss-reactive ketones (excluding diaryl/α,β-unsaturated/α-hetero) is 1. The van der Waals surface area contributed by atoms with Gasteiger partial charge in [0.1, 0.15) is 5.78 Å². The van der Waals surface area contributed by atoms with Gasteiger partial charge < -0.3 is 0 Å². The van der Waals surface area contributed by atoms with Crippen molar-refractivity contribution in [3.8, 4) is 0 Å². The number of benzene rings is 1. The van der Waals surface area contributed by atoms with Gasteiger partial charge in [-0.15, -0.1) is 0 Å². The Kier molecular flexibility index (Phi) is 2.71. The molecule has 0 N–H and O–H groups in total. The van der Waals surface area contributed by atoms with Crippen LogP contribution in [0, 0.1) is 0 Å². The number of rotatable bonds is 2. The Morgan fingerprint density at radius 2 is 1.78 bits per heavy atom. The average molecular weight is 237 g/mol. The van der Waals surface area contributed by atoms with E-state index < -0.39 is 5.41 Å². The summed E-state index contributed by atoms with van der Waals surface area (Å²) in [5, 5.41) is 0. The Balaban J connectivity index is 2.20. The van der Waals surface area contributed by atoms with Crippen molar-refractivity contribution >= 4 is 5.78 Å². The molecule has 2 nitrogen and oxygen atoms in total. The predicted octanol–water partition coefficient (Wildman–Crippen LogP) is 3.12. The second kappa shape index (κ2) is 4.37. The molecule has 18 heavy (non-hydrogen) atoms. The predicted molar refractivity (Wildman–Crippen MR) is 70.3 cm³/mol. The molecular formula is C16H15NO. The van der Waals surface area contributed by atoms with Crippen LogP contribution < -0.4 is 0 Å². The van der Waals surface area contributed by atoms with Gasteiger partial charge in [-0.2, -0.15) is 0 Å². The van der Waals surface area contributed by atoms with Gasteiger partial charge >= 0.3 is 0 Å². The molecular weight excluding hydrogens is 222 g/mol. The van der Waals surface area contributed by atoms with Crippen LogP contribution >= 0.6 is 0 Å². The highest BCUT2D eigenvalue weighted by Gasteiger charge is 2.45. The third-order valence-electron chi connectivity index (χ3n) is 3.80. The van der Waals surface area contributed by atoms with Gasteiger partial charge in [-0.3, -0.25) is 9.78 Å². The van der Waals surface area contributed by atoms with E-state index >= 15 is 0 Å². The van der Waals surface area contributed by atoms with Crippen LogP contribution in [-0.2, 0) is 10.2 Å². The molecule has 2 aromatic rings. The second-order valence-electron chi connectivity index (χ2n) is 4.76. The van der Waals surface area contributed by atoms with Gasteiger partial charge in [-0.1, -0.05) is 36.4 Å². The molecule has 0 spiro atoms. The van der Waals surface area contributed by atoms with Crippen LogP contribution in [0.1, 0.15) is 30.5 Å². The number of carbonyl (C=O) groups is 1. The van der Waals surface area contributed by atoms with Crippen LogP contribution in [-0.4, -0.2) is 10.8 Å². The SMILES string of the molecule is O=C1CCCC1(c1ccccc1)c1ccccn1. The standard InChI is InChI=1S/C16H15NO/c18-15-10-6-11-16(15,13-7-2-1-3-8-13)14-9-4-5-12-17-14/h1-5,7-9,12H,6,10-11H2. The van der Waals surface area contributed by atoms with Crippen molar-refractivity contribution < 1.29 is 4.79 Å². The lowest BCUT2D eigenvalue weighted by Gasteiger charge is -2.27. The molecule has 1 saturated carbocycles. The van der Waals surface area contributed by atoms with Crippen molar-refractivity contribution in [3.63, 3.8) is 0 Å². The van der Waals surface area contributed by atoms with Crippen LogP contribution in [0.2, 0.25) is 0 Å². The third kappa shape index (κ3) is 1.57. The maximum absolute atomic E-state index is 12.5. The van der Waals surface area contributed by atoms with Crippen LogP contribution in [0.4, 0.5) is 0 Å². The van der Waals surface area contributed by atoms with Gasteiger partial charge in [0, 0.05) is 12.6 Å². The molecule has 3 rings (SSSR count). The Morgan fingerprint density at radius 3 is 2.39 bits per heavy atom. The number of hydrogen-bond donors (Lipinski definition) is 0. The quantitative estimate of drug-likeness (QED) is 0.803. The van der Waals surface area contributed by atoms with E-state index in [4.69, 9.17) is 0 Å². The molecule has 1 atom stereocenters. The van der Waals surface area contributed by atoms with Crippen molar-refractivity contribution in [3.05, 3.63) is 66.0 Å². The summed E-state index contributed by atoms with van der Waals surface area (Å²) in [5.74, 6) is 0.299. The minimum atomic E-state index is -0.511. The lowest BCUT2D eigenvalue weighted by molar-refractivity contribution is -0.121. The Morgan fingerprint density at radius 1 is 1.00 bits per heavy atom. The fourth-order valence-electron chi connectivity index (χ4n) is 2.93. The molecule has 0 saturated heterocycles. The molecule has 0 bridgehead atoms. The zero-order valence-corrected chi connectivity index (χ0v) is 10.2. The molecule has 1 aliphatic rings. The zero-order chi connectivity index (χ0) is 12.4. The molecule has 2 heteroatoms. The molecule has 1 heterocycles. The number of ketones is 1. The van der Waals surface area contributed by atoms with Crippen LogP contribution in [0.5, 0.6) is 0 Å². The van der Waals surface area contributed by atoms with E-state index in [2.05, 4.69) is 4.98 Å². The largest absolute Gasteiger partial charge is 0.298 e. The highest BCUT2D eigenvalue weighted by Crippen LogP contribution is 2.42. The van der Waals surface area contributed by atoms with E-state index in [0.29, 0.717) is 12.2 Å². The van der Waals surface area contributed by atoms with Crippen LogP contribution in [0.25, 0.3) is 0 Å². The number of pyridine rings is 1. The Labute approximate surface area is 107 Å². The zero-order valence-electron chi connectivity index (χ0n) is 10.2. The van der Waals surface area contributed by atoms with Crippen molar-refractivity contribution in [1.82, 2.24) is 4.98 Å². The highest BCUT2D eigenvalue weighted by atomic mass is 16.1. The first-order valence-electron chi connectivity index (χ1n) is 6.34. The van der Waals surface area contributed by atoms with Gasteiger partial charge in [0.15, 0.2) is 0 Å². The third-order valence-corrected chi connectivity index (χ3v) is 3.80. The summed E-state index contributed by atoms with van der Waals surface area (Å²) in [6.45, 7) is 0. The number of hydrogen-bond acceptors (Lipinski definition) is 2. The molecule has 1 aliphatic carbocycles. The van der Waals surface area contributed by atoms with E-state index in [9.17, 15) is 4.79 Å². The maximum atomic E-state index is 12.5. The van der Waals surface area contributed by atoms with E-state index in [1.165, 1.54) is 0 Å². The molecule has 1 aromatic carbocycles. The first-order chi connectivity index (χ1) is 8.84. The van der Waals surface area contributed by atoms with Crippen molar-refractivity contribution in [1.29, 1.82) is 0 Å². The van der Waals surface area contributed by atoms with Crippen molar-refractivity contribution in [2.24, 2.45) is 0 Å². The van der Waals surface area contributed by atoms with E-state index in [1.807, 2.05) is 48.5 Å². The maximum Gasteiger partial charge on any atom is 0.149 e. The molecule has 0 amide bonds. The minimum Gasteiger partial charge on any atom is -0.298 e. The van der Waals surface area contributed by atoms with Gasteiger partial charge in [0.25, 0.3) is 0 Å². The molecule has 1 fully saturated rings. The van der Waals surface area contributed by atoms with Crippen molar-refractivity contribution in [2.75, 3.05) is 0 Å². The molecule has 90 valence electrons. The van der Waals surface area contributed by atoms with Gasteiger partial charge in [-0.05, 0) is 30.5 Å². The summed E-state index contributed by atoms with van der Waals surface area (Å²) in [7, 11) is 0. The summed E-state index contributed by atoms with van der Waals surface area (Å²) in [5.41, 5.74) is 1.45. The summed E-state index contributed by atoms with van der Waals surface area (Å²) in [4.78, 5) is 16.9. The van der Waals surface area contributed by atoms with Crippen LogP contribution in [0.15, 0.2) is 54.7 Å². The fourth-order valence-corrected chi connectivity index (χ4v) is 2.93. The molecule has 0 radical (unpaired) electrons. The smallest absolute Gasteiger partial charge is 0.149 e. The Hall–Kier alpha value is -1.96. The summed E-state index contributed by atoms with van der Waals surface area (Å²) >= 11 is 0. The molecule has 1 unspecified atom stereocenters. The fraction of sp³-hybridized carbons (Fsp3) is 0.250.